The summed E-state index contributed by atoms with van der Waals surface area (Å²) in [5.41, 5.74) is 1.86. The minimum atomic E-state index is 0.502. The number of aromatic nitrogens is 2. The highest BCUT2D eigenvalue weighted by Gasteiger charge is 2.21. The number of morpholine rings is 1. The van der Waals surface area contributed by atoms with Crippen molar-refractivity contribution in [1.29, 1.82) is 0 Å². The van der Waals surface area contributed by atoms with Crippen molar-refractivity contribution >= 4 is 29.2 Å². The molecule has 3 rings (SSSR count). The van der Waals surface area contributed by atoms with Crippen molar-refractivity contribution in [3.63, 3.8) is 0 Å². The summed E-state index contributed by atoms with van der Waals surface area (Å²) >= 11 is 5.53. The first-order chi connectivity index (χ1) is 14.5. The number of likely N-dealkylation sites (tertiary alicyclic amines) is 1. The highest BCUT2D eigenvalue weighted by Crippen LogP contribution is 2.17. The number of aliphatic imine (C=N–C) groups is 1. The molecule has 1 atom stereocenters. The Hall–Kier alpha value is -1.84. The number of nitrogens with zero attached hydrogens (tertiary/aromatic N) is 5. The van der Waals surface area contributed by atoms with Gasteiger partial charge in [-0.15, -0.1) is 0 Å². The van der Waals surface area contributed by atoms with Crippen LogP contribution in [0.5, 0.6) is 0 Å². The summed E-state index contributed by atoms with van der Waals surface area (Å²) in [7, 11) is 0. The van der Waals surface area contributed by atoms with Crippen LogP contribution >= 0.6 is 12.2 Å². The molecule has 1 aromatic heterocycles. The number of anilines is 1. The van der Waals surface area contributed by atoms with E-state index >= 15 is 0 Å². The maximum atomic E-state index is 5.53. The Morgan fingerprint density at radius 3 is 2.67 bits per heavy atom. The topological polar surface area (TPSA) is 77.9 Å². The molecule has 8 nitrogen and oxygen atoms in total. The van der Waals surface area contributed by atoms with Gasteiger partial charge in [0.05, 0.1) is 13.2 Å². The minimum absolute atomic E-state index is 0.502. The van der Waals surface area contributed by atoms with E-state index < -0.39 is 0 Å². The van der Waals surface area contributed by atoms with Gasteiger partial charge in [0.2, 0.25) is 11.9 Å². The van der Waals surface area contributed by atoms with Gasteiger partial charge in [-0.3, -0.25) is 10.2 Å². The molecule has 2 aliphatic heterocycles. The SMILES string of the molecule is Cc1cc(C)nc(N/C(=N/C(=S)NCCCN2CCOCC2)N2CCCC(C)C2)n1. The van der Waals surface area contributed by atoms with Crippen LogP contribution in [0.15, 0.2) is 11.1 Å². The van der Waals surface area contributed by atoms with E-state index in [0.717, 1.165) is 82.7 Å². The molecule has 9 heteroatoms. The van der Waals surface area contributed by atoms with E-state index in [1.54, 1.807) is 0 Å². The molecule has 2 aliphatic rings. The molecule has 2 N–H and O–H groups in total. The lowest BCUT2D eigenvalue weighted by molar-refractivity contribution is 0.0376. The van der Waals surface area contributed by atoms with Gasteiger partial charge in [0.25, 0.3) is 0 Å². The van der Waals surface area contributed by atoms with Crippen LogP contribution in [0.2, 0.25) is 0 Å². The molecule has 2 saturated heterocycles. The fourth-order valence-electron chi connectivity index (χ4n) is 3.90. The summed E-state index contributed by atoms with van der Waals surface area (Å²) in [6.07, 6.45) is 3.42. The molecule has 1 aromatic rings. The van der Waals surface area contributed by atoms with Crippen LogP contribution in [-0.4, -0.2) is 83.3 Å². The lowest BCUT2D eigenvalue weighted by Crippen LogP contribution is -2.44. The minimum Gasteiger partial charge on any atom is -0.379 e. The maximum absolute atomic E-state index is 5.53. The summed E-state index contributed by atoms with van der Waals surface area (Å²) in [6, 6.07) is 1.96. The number of hydrogen-bond donors (Lipinski definition) is 2. The lowest BCUT2D eigenvalue weighted by Gasteiger charge is -2.33. The molecule has 30 heavy (non-hydrogen) atoms. The fraction of sp³-hybridized carbons (Fsp3) is 0.714. The van der Waals surface area contributed by atoms with Gasteiger partial charge < -0.3 is 15.0 Å². The first-order valence-electron chi connectivity index (χ1n) is 11.0. The van der Waals surface area contributed by atoms with Crippen LogP contribution < -0.4 is 10.6 Å². The summed E-state index contributed by atoms with van der Waals surface area (Å²) in [6.45, 7) is 13.7. The average Bonchev–Trinajstić information content (AvgIpc) is 2.71. The molecule has 0 radical (unpaired) electrons. The second-order valence-electron chi connectivity index (χ2n) is 8.27. The van der Waals surface area contributed by atoms with E-state index in [-0.39, 0.29) is 0 Å². The number of rotatable bonds is 5. The zero-order valence-electron chi connectivity index (χ0n) is 18.5. The van der Waals surface area contributed by atoms with Gasteiger partial charge in [0.1, 0.15) is 0 Å². The summed E-state index contributed by atoms with van der Waals surface area (Å²) in [5, 5.41) is 7.12. The fourth-order valence-corrected chi connectivity index (χ4v) is 4.09. The van der Waals surface area contributed by atoms with Gasteiger partial charge in [-0.05, 0) is 63.9 Å². The smallest absolute Gasteiger partial charge is 0.229 e. The molecule has 0 spiro atoms. The van der Waals surface area contributed by atoms with E-state index in [9.17, 15) is 0 Å². The molecular weight excluding hydrogens is 398 g/mol. The van der Waals surface area contributed by atoms with Crippen molar-refractivity contribution in [2.24, 2.45) is 10.9 Å². The van der Waals surface area contributed by atoms with E-state index in [2.05, 4.69) is 37.3 Å². The standard InChI is InChI=1S/C21H35N7OS/c1-16-6-4-9-28(15-16)20(25-19-23-17(2)14-18(3)24-19)26-21(30)22-7-5-8-27-10-12-29-13-11-27/h14,16H,4-13,15H2,1-3H3,(H2,22,23,24,25,26,30). The van der Waals surface area contributed by atoms with Crippen molar-refractivity contribution < 1.29 is 4.74 Å². The molecule has 0 aliphatic carbocycles. The van der Waals surface area contributed by atoms with Crippen LogP contribution in [0.25, 0.3) is 0 Å². The van der Waals surface area contributed by atoms with Crippen LogP contribution in [0, 0.1) is 19.8 Å². The van der Waals surface area contributed by atoms with Crippen molar-refractivity contribution in [2.45, 2.75) is 40.0 Å². The van der Waals surface area contributed by atoms with E-state index in [1.165, 1.54) is 6.42 Å². The van der Waals surface area contributed by atoms with Crippen molar-refractivity contribution in [2.75, 3.05) is 57.8 Å². The van der Waals surface area contributed by atoms with Crippen LogP contribution in [0.3, 0.4) is 0 Å². The second-order valence-corrected chi connectivity index (χ2v) is 8.65. The largest absolute Gasteiger partial charge is 0.379 e. The maximum Gasteiger partial charge on any atom is 0.229 e. The van der Waals surface area contributed by atoms with E-state index in [1.807, 2.05) is 19.9 Å². The summed E-state index contributed by atoms with van der Waals surface area (Å²) in [5.74, 6) is 1.93. The first-order valence-corrected chi connectivity index (χ1v) is 11.4. The van der Waals surface area contributed by atoms with Gasteiger partial charge in [-0.25, -0.2) is 9.97 Å². The molecule has 0 amide bonds. The number of guanidine groups is 1. The van der Waals surface area contributed by atoms with Gasteiger partial charge in [-0.1, -0.05) is 6.92 Å². The summed E-state index contributed by atoms with van der Waals surface area (Å²) in [4.78, 5) is 18.4. The number of piperidine rings is 1. The third kappa shape index (κ3) is 7.45. The Labute approximate surface area is 185 Å². The molecular formula is C21H35N7OS. The van der Waals surface area contributed by atoms with Crippen LogP contribution in [0.1, 0.15) is 37.6 Å². The normalized spacial score (nSPS) is 20.8. The zero-order valence-corrected chi connectivity index (χ0v) is 19.3. The molecule has 1 unspecified atom stereocenters. The second kappa shape index (κ2) is 11.5. The van der Waals surface area contributed by atoms with Crippen molar-refractivity contribution in [3.8, 4) is 0 Å². The Bertz CT molecular complexity index is 716. The number of hydrogen-bond acceptors (Lipinski definition) is 5. The average molecular weight is 434 g/mol. The Morgan fingerprint density at radius 2 is 1.97 bits per heavy atom. The highest BCUT2D eigenvalue weighted by atomic mass is 32.1. The first kappa shape index (κ1) is 22.8. The molecule has 0 aromatic carbocycles. The Balaban J connectivity index is 1.59. The quantitative estimate of drug-likeness (QED) is 0.317. The van der Waals surface area contributed by atoms with E-state index in [4.69, 9.17) is 21.9 Å². The third-order valence-corrected chi connectivity index (χ3v) is 5.64. The van der Waals surface area contributed by atoms with Crippen molar-refractivity contribution in [1.82, 2.24) is 25.1 Å². The van der Waals surface area contributed by atoms with Gasteiger partial charge in [0, 0.05) is 44.1 Å². The molecule has 3 heterocycles. The Morgan fingerprint density at radius 1 is 1.23 bits per heavy atom. The predicted octanol–water partition coefficient (Wildman–Crippen LogP) is 2.19. The van der Waals surface area contributed by atoms with Crippen LogP contribution in [0.4, 0.5) is 5.95 Å². The number of thiocarbonyl (C=S) groups is 1. The third-order valence-electron chi connectivity index (χ3n) is 5.40. The van der Waals surface area contributed by atoms with Gasteiger partial charge in [0.15, 0.2) is 5.11 Å². The number of ether oxygens (including phenoxy) is 1. The highest BCUT2D eigenvalue weighted by molar-refractivity contribution is 7.80. The van der Waals surface area contributed by atoms with Crippen molar-refractivity contribution in [3.05, 3.63) is 17.5 Å². The predicted molar refractivity (Wildman–Crippen MR) is 125 cm³/mol. The monoisotopic (exact) mass is 433 g/mol. The molecule has 2 fully saturated rings. The molecule has 166 valence electrons. The number of aryl methyl sites for hydroxylation is 2. The van der Waals surface area contributed by atoms with Crippen LogP contribution in [-0.2, 0) is 4.74 Å². The van der Waals surface area contributed by atoms with E-state index in [0.29, 0.717) is 17.0 Å². The Kier molecular flexibility index (Phi) is 8.77. The van der Waals surface area contributed by atoms with Gasteiger partial charge >= 0.3 is 0 Å². The zero-order chi connectivity index (χ0) is 21.3. The lowest BCUT2D eigenvalue weighted by atomic mass is 10.0. The number of nitrogens with one attached hydrogen (secondary N) is 2. The molecule has 0 bridgehead atoms. The van der Waals surface area contributed by atoms with Gasteiger partial charge in [-0.2, -0.15) is 4.99 Å². The molecule has 0 saturated carbocycles. The summed E-state index contributed by atoms with van der Waals surface area (Å²) < 4.78 is 5.40.